The summed E-state index contributed by atoms with van der Waals surface area (Å²) in [5.41, 5.74) is 1.27. The van der Waals surface area contributed by atoms with Gasteiger partial charge in [-0.15, -0.1) is 0 Å². The predicted octanol–water partition coefficient (Wildman–Crippen LogP) is 1.07. The molecule has 2 saturated heterocycles. The van der Waals surface area contributed by atoms with E-state index in [1.165, 1.54) is 5.56 Å². The van der Waals surface area contributed by atoms with Crippen LogP contribution in [0.1, 0.15) is 43.1 Å². The summed E-state index contributed by atoms with van der Waals surface area (Å²) in [5.74, 6) is 0. The number of nitriles is 1. The number of rotatable bonds is 2. The van der Waals surface area contributed by atoms with Crippen molar-refractivity contribution >= 4 is 0 Å². The number of aromatic nitrogens is 1. The molecule has 0 saturated carbocycles. The molecule has 2 aliphatic rings. The summed E-state index contributed by atoms with van der Waals surface area (Å²) < 4.78 is 7.86. The van der Waals surface area contributed by atoms with Crippen LogP contribution in [0.4, 0.5) is 0 Å². The molecule has 0 radical (unpaired) electrons. The normalized spacial score (nSPS) is 30.4. The molecule has 0 unspecified atom stereocenters. The monoisotopic (exact) mass is 333 g/mol. The molecule has 0 bridgehead atoms. The van der Waals surface area contributed by atoms with Crippen LogP contribution in [0.3, 0.4) is 0 Å². The van der Waals surface area contributed by atoms with Crippen LogP contribution in [-0.4, -0.2) is 56.7 Å². The molecule has 132 valence electrons. The Morgan fingerprint density at radius 1 is 1.38 bits per heavy atom. The van der Waals surface area contributed by atoms with Gasteiger partial charge in [0.25, 0.3) is 0 Å². The van der Waals surface area contributed by atoms with Crippen molar-refractivity contribution in [3.8, 4) is 6.07 Å². The van der Waals surface area contributed by atoms with Crippen molar-refractivity contribution in [2.75, 3.05) is 19.7 Å². The Kier molecular flexibility index (Phi) is 4.47. The highest BCUT2D eigenvalue weighted by Gasteiger charge is 2.52. The van der Waals surface area contributed by atoms with Gasteiger partial charge in [-0.25, -0.2) is 0 Å². The fraction of sp³-hybridized carbons (Fsp3) is 0.722. The van der Waals surface area contributed by atoms with Crippen molar-refractivity contribution in [3.05, 3.63) is 23.0 Å². The van der Waals surface area contributed by atoms with Gasteiger partial charge in [-0.05, 0) is 38.3 Å². The Labute approximate surface area is 143 Å². The van der Waals surface area contributed by atoms with Crippen LogP contribution >= 0.6 is 0 Å². The lowest BCUT2D eigenvalue weighted by molar-refractivity contribution is -0.246. The van der Waals surface area contributed by atoms with Crippen molar-refractivity contribution in [2.24, 2.45) is 7.05 Å². The summed E-state index contributed by atoms with van der Waals surface area (Å²) in [6, 6.07) is 4.17. The summed E-state index contributed by atoms with van der Waals surface area (Å²) in [6.07, 6.45) is 1.05. The molecule has 3 rings (SSSR count). The van der Waals surface area contributed by atoms with Crippen molar-refractivity contribution in [3.63, 3.8) is 0 Å². The number of likely N-dealkylation sites (tertiary alicyclic amines) is 1. The van der Waals surface area contributed by atoms with Crippen LogP contribution in [0, 0.1) is 18.3 Å². The number of aliphatic hydroxyl groups is 2. The van der Waals surface area contributed by atoms with Crippen LogP contribution in [0.5, 0.6) is 0 Å². The first kappa shape index (κ1) is 17.4. The molecule has 0 aliphatic carbocycles. The molecule has 0 aromatic carbocycles. The first-order valence-corrected chi connectivity index (χ1v) is 8.61. The molecular formula is C18H27N3O3. The SMILES string of the molecule is Cc1c(CN2CCC3(CC2)OCC[C@@](C)(O)[C@@H]3O)cc(C#N)n1C. The van der Waals surface area contributed by atoms with E-state index in [-0.39, 0.29) is 0 Å². The number of hydrogen-bond donors (Lipinski definition) is 2. The Balaban J connectivity index is 1.67. The summed E-state index contributed by atoms with van der Waals surface area (Å²) in [4.78, 5) is 2.33. The minimum Gasteiger partial charge on any atom is -0.387 e. The van der Waals surface area contributed by atoms with Gasteiger partial charge in [-0.2, -0.15) is 5.26 Å². The fourth-order valence-corrected chi connectivity index (χ4v) is 4.02. The van der Waals surface area contributed by atoms with Crippen LogP contribution < -0.4 is 0 Å². The Bertz CT molecular complexity index is 651. The zero-order valence-electron chi connectivity index (χ0n) is 14.7. The largest absolute Gasteiger partial charge is 0.387 e. The second-order valence-corrected chi connectivity index (χ2v) is 7.51. The quantitative estimate of drug-likeness (QED) is 0.846. The van der Waals surface area contributed by atoms with Crippen molar-refractivity contribution < 1.29 is 14.9 Å². The summed E-state index contributed by atoms with van der Waals surface area (Å²) in [5, 5.41) is 30.1. The highest BCUT2D eigenvalue weighted by atomic mass is 16.5. The summed E-state index contributed by atoms with van der Waals surface area (Å²) in [7, 11) is 1.91. The Hall–Kier alpha value is -1.39. The maximum absolute atomic E-state index is 10.6. The smallest absolute Gasteiger partial charge is 0.120 e. The topological polar surface area (TPSA) is 81.7 Å². The zero-order valence-corrected chi connectivity index (χ0v) is 14.7. The van der Waals surface area contributed by atoms with Gasteiger partial charge in [0.05, 0.1) is 17.8 Å². The van der Waals surface area contributed by atoms with E-state index in [0.717, 1.165) is 25.3 Å². The Morgan fingerprint density at radius 2 is 2.04 bits per heavy atom. The van der Waals surface area contributed by atoms with E-state index in [9.17, 15) is 10.2 Å². The molecule has 6 nitrogen and oxygen atoms in total. The minimum atomic E-state index is -1.07. The molecular weight excluding hydrogens is 306 g/mol. The maximum atomic E-state index is 10.6. The zero-order chi connectivity index (χ0) is 17.5. The molecule has 2 fully saturated rings. The van der Waals surface area contributed by atoms with Gasteiger partial charge >= 0.3 is 0 Å². The lowest BCUT2D eigenvalue weighted by atomic mass is 9.75. The standard InChI is InChI=1S/C18H27N3O3/c1-13-14(10-15(11-19)20(13)3)12-21-7-4-18(5-8-21)16(22)17(2,23)6-9-24-18/h10,16,22-23H,4-9,12H2,1-3H3/t16-,17+/m0/s1. The first-order valence-electron chi connectivity index (χ1n) is 8.61. The van der Waals surface area contributed by atoms with E-state index in [4.69, 9.17) is 10.00 Å². The second-order valence-electron chi connectivity index (χ2n) is 7.51. The Morgan fingerprint density at radius 3 is 2.62 bits per heavy atom. The fourth-order valence-electron chi connectivity index (χ4n) is 4.02. The van der Waals surface area contributed by atoms with Crippen molar-refractivity contribution in [1.82, 2.24) is 9.47 Å². The molecule has 24 heavy (non-hydrogen) atoms. The van der Waals surface area contributed by atoms with Crippen molar-refractivity contribution in [2.45, 2.75) is 57.0 Å². The minimum absolute atomic E-state index is 0.472. The summed E-state index contributed by atoms with van der Waals surface area (Å²) in [6.45, 7) is 6.64. The maximum Gasteiger partial charge on any atom is 0.120 e. The van der Waals surface area contributed by atoms with Gasteiger partial charge in [0.1, 0.15) is 17.9 Å². The lowest BCUT2D eigenvalue weighted by Gasteiger charge is -2.51. The van der Waals surface area contributed by atoms with E-state index >= 15 is 0 Å². The predicted molar refractivity (Wildman–Crippen MR) is 89.3 cm³/mol. The van der Waals surface area contributed by atoms with E-state index in [1.54, 1.807) is 6.92 Å². The van der Waals surface area contributed by atoms with Gasteiger partial charge < -0.3 is 19.5 Å². The number of ether oxygens (including phenoxy) is 1. The van der Waals surface area contributed by atoms with E-state index < -0.39 is 17.3 Å². The second kappa shape index (κ2) is 6.16. The third kappa shape index (κ3) is 2.86. The van der Waals surface area contributed by atoms with Crippen molar-refractivity contribution in [1.29, 1.82) is 5.26 Å². The average molecular weight is 333 g/mol. The molecule has 0 amide bonds. The molecule has 3 heterocycles. The van der Waals surface area contributed by atoms with Gasteiger partial charge in [-0.1, -0.05) is 0 Å². The highest BCUT2D eigenvalue weighted by Crippen LogP contribution is 2.40. The van der Waals surface area contributed by atoms with Gasteiger partial charge in [0, 0.05) is 38.8 Å². The number of piperidine rings is 1. The number of aliphatic hydroxyl groups excluding tert-OH is 1. The number of nitrogens with zero attached hydrogens (tertiary/aromatic N) is 3. The molecule has 6 heteroatoms. The van der Waals surface area contributed by atoms with Crippen LogP contribution in [0.15, 0.2) is 6.07 Å². The van der Waals surface area contributed by atoms with E-state index in [1.807, 2.05) is 24.6 Å². The lowest BCUT2D eigenvalue weighted by Crippen LogP contribution is -2.64. The van der Waals surface area contributed by atoms with Crippen LogP contribution in [-0.2, 0) is 18.3 Å². The third-order valence-corrected chi connectivity index (χ3v) is 5.94. The van der Waals surface area contributed by atoms with Gasteiger partial charge in [-0.3, -0.25) is 4.90 Å². The van der Waals surface area contributed by atoms with Gasteiger partial charge in [0.15, 0.2) is 0 Å². The van der Waals surface area contributed by atoms with E-state index in [0.29, 0.717) is 31.6 Å². The highest BCUT2D eigenvalue weighted by molar-refractivity contribution is 5.34. The molecule has 1 aromatic rings. The van der Waals surface area contributed by atoms with Gasteiger partial charge in [0.2, 0.25) is 0 Å². The molecule has 1 spiro atoms. The van der Waals surface area contributed by atoms with Crippen LogP contribution in [0.2, 0.25) is 0 Å². The van der Waals surface area contributed by atoms with E-state index in [2.05, 4.69) is 11.0 Å². The average Bonchev–Trinajstić information content (AvgIpc) is 2.82. The molecule has 2 N–H and O–H groups in total. The first-order chi connectivity index (χ1) is 11.3. The molecule has 2 aliphatic heterocycles. The third-order valence-electron chi connectivity index (χ3n) is 5.94. The molecule has 1 aromatic heterocycles. The molecule has 2 atom stereocenters. The number of hydrogen-bond acceptors (Lipinski definition) is 5. The summed E-state index contributed by atoms with van der Waals surface area (Å²) >= 11 is 0. The van der Waals surface area contributed by atoms with Crippen LogP contribution in [0.25, 0.3) is 0 Å².